The maximum Gasteiger partial charge on any atom is 0.0685 e. The molecule has 0 aromatic carbocycles. The molecule has 0 bridgehead atoms. The van der Waals surface area contributed by atoms with Crippen LogP contribution in [0.3, 0.4) is 0 Å². The average molecular weight is 105 g/mol. The lowest BCUT2D eigenvalue weighted by Crippen LogP contribution is -1.89. The number of hydrogen-bond donors (Lipinski definition) is 0. The van der Waals surface area contributed by atoms with Crippen LogP contribution in [0, 0.1) is 0 Å². The SMILES string of the molecule is C=C[Si](C)C.F. The van der Waals surface area contributed by atoms with E-state index in [1.54, 1.807) is 0 Å². The zero-order valence-electron chi connectivity index (χ0n) is 4.19. The molecular formula is C4H10FSi. The van der Waals surface area contributed by atoms with Gasteiger partial charge < -0.3 is 0 Å². The van der Waals surface area contributed by atoms with Gasteiger partial charge in [0.05, 0.1) is 8.80 Å². The van der Waals surface area contributed by atoms with Crippen LogP contribution in [0.25, 0.3) is 0 Å². The Labute approximate surface area is 39.9 Å². The van der Waals surface area contributed by atoms with E-state index >= 15 is 0 Å². The highest BCUT2D eigenvalue weighted by molar-refractivity contribution is 6.61. The minimum Gasteiger partial charge on any atom is -0.269 e. The van der Waals surface area contributed by atoms with E-state index in [9.17, 15) is 0 Å². The van der Waals surface area contributed by atoms with E-state index in [1.165, 1.54) is 0 Å². The Balaban J connectivity index is 0. The van der Waals surface area contributed by atoms with Crippen LogP contribution in [-0.4, -0.2) is 8.80 Å². The van der Waals surface area contributed by atoms with Crippen LogP contribution < -0.4 is 0 Å². The van der Waals surface area contributed by atoms with Crippen molar-refractivity contribution in [2.45, 2.75) is 13.1 Å². The predicted molar refractivity (Wildman–Crippen MR) is 30.2 cm³/mol. The molecule has 0 rings (SSSR count). The summed E-state index contributed by atoms with van der Waals surface area (Å²) < 4.78 is 0. The molecule has 0 aromatic heterocycles. The van der Waals surface area contributed by atoms with Crippen molar-refractivity contribution in [2.75, 3.05) is 0 Å². The standard InChI is InChI=1S/C4H9Si.FH/c1-4-5(2)3;/h4H,1H2,2-3H3;1H. The summed E-state index contributed by atoms with van der Waals surface area (Å²) in [5, 5.41) is 0. The number of rotatable bonds is 1. The molecule has 0 aromatic rings. The molecule has 0 heterocycles. The van der Waals surface area contributed by atoms with Gasteiger partial charge in [-0.1, -0.05) is 13.1 Å². The molecule has 0 spiro atoms. The third kappa shape index (κ3) is 9.10. The van der Waals surface area contributed by atoms with E-state index in [2.05, 4.69) is 19.7 Å². The average Bonchev–Trinajstić information content (AvgIpc) is 1.38. The molecule has 0 atom stereocenters. The minimum atomic E-state index is -0.110. The second-order valence-electron chi connectivity index (χ2n) is 1.28. The van der Waals surface area contributed by atoms with Crippen LogP contribution in [0.2, 0.25) is 13.1 Å². The van der Waals surface area contributed by atoms with Crippen molar-refractivity contribution in [3.63, 3.8) is 0 Å². The third-order valence-corrected chi connectivity index (χ3v) is 1.22. The van der Waals surface area contributed by atoms with E-state index in [-0.39, 0.29) is 13.5 Å². The molecule has 0 unspecified atom stereocenters. The van der Waals surface area contributed by atoms with Gasteiger partial charge in [-0.25, -0.2) is 0 Å². The lowest BCUT2D eigenvalue weighted by molar-refractivity contribution is 1.11. The van der Waals surface area contributed by atoms with Gasteiger partial charge in [-0.2, -0.15) is 0 Å². The maximum atomic E-state index is 3.61. The first kappa shape index (κ1) is 9.31. The Kier molecular flexibility index (Phi) is 7.58. The zero-order chi connectivity index (χ0) is 4.28. The topological polar surface area (TPSA) is 0 Å². The third-order valence-electron chi connectivity index (χ3n) is 0.408. The minimum absolute atomic E-state index is 0. The summed E-state index contributed by atoms with van der Waals surface area (Å²) in [6.45, 7) is 8.02. The van der Waals surface area contributed by atoms with E-state index < -0.39 is 0 Å². The number of halogens is 1. The largest absolute Gasteiger partial charge is 0.269 e. The van der Waals surface area contributed by atoms with Gasteiger partial charge in [0.1, 0.15) is 0 Å². The molecule has 1 radical (unpaired) electrons. The van der Waals surface area contributed by atoms with Gasteiger partial charge in [0.15, 0.2) is 0 Å². The van der Waals surface area contributed by atoms with Crippen molar-refractivity contribution in [2.24, 2.45) is 0 Å². The summed E-state index contributed by atoms with van der Waals surface area (Å²) >= 11 is 0. The molecule has 0 fully saturated rings. The highest BCUT2D eigenvalue weighted by Crippen LogP contribution is 1.73. The number of hydrogen-bond acceptors (Lipinski definition) is 0. The first-order valence-corrected chi connectivity index (χ1v) is 4.27. The van der Waals surface area contributed by atoms with E-state index in [1.807, 2.05) is 5.70 Å². The molecule has 0 aliphatic heterocycles. The van der Waals surface area contributed by atoms with Gasteiger partial charge in [-0.3, -0.25) is 4.70 Å². The first-order chi connectivity index (χ1) is 2.27. The van der Waals surface area contributed by atoms with Crippen molar-refractivity contribution < 1.29 is 4.70 Å². The summed E-state index contributed by atoms with van der Waals surface area (Å²) in [7, 11) is -0.110. The molecule has 0 saturated heterocycles. The van der Waals surface area contributed by atoms with Gasteiger partial charge in [-0.15, -0.1) is 12.3 Å². The molecule has 0 N–H and O–H groups in total. The fourth-order valence-corrected chi connectivity index (χ4v) is 0. The Morgan fingerprint density at radius 1 is 1.50 bits per heavy atom. The van der Waals surface area contributed by atoms with Crippen molar-refractivity contribution in [3.05, 3.63) is 12.3 Å². The quantitative estimate of drug-likeness (QED) is 0.444. The van der Waals surface area contributed by atoms with Crippen LogP contribution in [0.5, 0.6) is 0 Å². The summed E-state index contributed by atoms with van der Waals surface area (Å²) in [4.78, 5) is 0. The Hall–Kier alpha value is -0.113. The second-order valence-corrected chi connectivity index (χ2v) is 3.84. The van der Waals surface area contributed by atoms with Gasteiger partial charge in [-0.05, 0) is 0 Å². The van der Waals surface area contributed by atoms with Crippen molar-refractivity contribution in [1.29, 1.82) is 0 Å². The molecule has 0 aliphatic carbocycles. The van der Waals surface area contributed by atoms with Crippen LogP contribution in [-0.2, 0) is 0 Å². The lowest BCUT2D eigenvalue weighted by Gasteiger charge is -1.80. The van der Waals surface area contributed by atoms with Crippen LogP contribution in [0.4, 0.5) is 4.70 Å². The summed E-state index contributed by atoms with van der Waals surface area (Å²) in [5.74, 6) is 0. The van der Waals surface area contributed by atoms with Crippen LogP contribution >= 0.6 is 0 Å². The molecule has 37 valence electrons. The van der Waals surface area contributed by atoms with Crippen molar-refractivity contribution in [3.8, 4) is 0 Å². The van der Waals surface area contributed by atoms with Gasteiger partial charge in [0.25, 0.3) is 0 Å². The molecule has 6 heavy (non-hydrogen) atoms. The maximum absolute atomic E-state index is 3.61. The van der Waals surface area contributed by atoms with Gasteiger partial charge in [0, 0.05) is 0 Å². The normalized spacial score (nSPS) is 7.17. The van der Waals surface area contributed by atoms with Crippen LogP contribution in [0.15, 0.2) is 12.3 Å². The highest BCUT2D eigenvalue weighted by Gasteiger charge is 1.78. The monoisotopic (exact) mass is 105 g/mol. The Morgan fingerprint density at radius 2 is 1.67 bits per heavy atom. The predicted octanol–water partition coefficient (Wildman–Crippen LogP) is 1.62. The lowest BCUT2D eigenvalue weighted by atomic mass is 11.3. The van der Waals surface area contributed by atoms with Crippen molar-refractivity contribution >= 4 is 8.80 Å². The first-order valence-electron chi connectivity index (χ1n) is 1.70. The van der Waals surface area contributed by atoms with E-state index in [0.717, 1.165) is 0 Å². The summed E-state index contributed by atoms with van der Waals surface area (Å²) in [5.41, 5.74) is 2.02. The fraction of sp³-hybridized carbons (Fsp3) is 0.500. The van der Waals surface area contributed by atoms with Crippen molar-refractivity contribution in [1.82, 2.24) is 0 Å². The van der Waals surface area contributed by atoms with Gasteiger partial charge >= 0.3 is 0 Å². The molecule has 0 aliphatic rings. The zero-order valence-corrected chi connectivity index (χ0v) is 5.19. The van der Waals surface area contributed by atoms with Crippen LogP contribution in [0.1, 0.15) is 0 Å². The molecule has 0 amide bonds. The van der Waals surface area contributed by atoms with E-state index in [0.29, 0.717) is 0 Å². The Morgan fingerprint density at radius 3 is 1.67 bits per heavy atom. The molecule has 2 heteroatoms. The summed E-state index contributed by atoms with van der Waals surface area (Å²) in [6, 6.07) is 0. The molecular weight excluding hydrogens is 95.1 g/mol. The smallest absolute Gasteiger partial charge is 0.0685 e. The summed E-state index contributed by atoms with van der Waals surface area (Å²) in [6.07, 6.45) is 0. The second kappa shape index (κ2) is 4.89. The highest BCUT2D eigenvalue weighted by atomic mass is 28.3. The fourth-order valence-electron chi connectivity index (χ4n) is 0. The van der Waals surface area contributed by atoms with Gasteiger partial charge in [0.2, 0.25) is 0 Å². The van der Waals surface area contributed by atoms with E-state index in [4.69, 9.17) is 0 Å². The molecule has 0 nitrogen and oxygen atoms in total. The molecule has 0 saturated carbocycles. The Bertz CT molecular complexity index is 34.5.